The zero-order valence-corrected chi connectivity index (χ0v) is 14.7. The number of aryl methyl sites for hydroxylation is 1. The Balaban J connectivity index is 2.28. The second kappa shape index (κ2) is 11.7. The molecule has 0 spiro atoms. The van der Waals surface area contributed by atoms with Gasteiger partial charge in [-0.25, -0.2) is 0 Å². The summed E-state index contributed by atoms with van der Waals surface area (Å²) in [5.41, 5.74) is 1.56. The number of rotatable bonds is 13. The Morgan fingerprint density at radius 3 is 2.17 bits per heavy atom. The largest absolute Gasteiger partial charge is 0.507 e. The number of hydrogen-bond donors (Lipinski definition) is 2. The summed E-state index contributed by atoms with van der Waals surface area (Å²) in [5.74, 6) is -0.646. The predicted octanol–water partition coefficient (Wildman–Crippen LogP) is 5.12. The SMILES string of the molecule is CCCCc1ccc(O)c(C(=O)CCCCCCCCC(=O)O)c1. The molecule has 24 heavy (non-hydrogen) atoms. The first-order valence-corrected chi connectivity index (χ1v) is 9.11. The summed E-state index contributed by atoms with van der Waals surface area (Å²) in [6.45, 7) is 2.13. The van der Waals surface area contributed by atoms with Gasteiger partial charge in [0, 0.05) is 12.8 Å². The monoisotopic (exact) mass is 334 g/mol. The van der Waals surface area contributed by atoms with E-state index in [-0.39, 0.29) is 18.0 Å². The molecule has 0 aromatic heterocycles. The van der Waals surface area contributed by atoms with Crippen molar-refractivity contribution in [3.63, 3.8) is 0 Å². The van der Waals surface area contributed by atoms with Crippen LogP contribution in [0.1, 0.15) is 87.1 Å². The van der Waals surface area contributed by atoms with Gasteiger partial charge in [0.2, 0.25) is 0 Å². The standard InChI is InChI=1S/C20H30O4/c1-2-3-10-16-13-14-19(22)17(15-16)18(21)11-8-6-4-5-7-9-12-20(23)24/h13-15,22H,2-12H2,1H3,(H,23,24). The first-order chi connectivity index (χ1) is 11.5. The highest BCUT2D eigenvalue weighted by molar-refractivity contribution is 5.98. The number of aromatic hydroxyl groups is 1. The minimum absolute atomic E-state index is 0.0109. The molecule has 0 fully saturated rings. The van der Waals surface area contributed by atoms with Crippen LogP contribution in [0.25, 0.3) is 0 Å². The number of hydrogen-bond acceptors (Lipinski definition) is 3. The molecule has 4 nitrogen and oxygen atoms in total. The zero-order chi connectivity index (χ0) is 17.8. The van der Waals surface area contributed by atoms with Crippen molar-refractivity contribution in [3.8, 4) is 5.75 Å². The molecule has 2 N–H and O–H groups in total. The Morgan fingerprint density at radius 2 is 1.54 bits per heavy atom. The smallest absolute Gasteiger partial charge is 0.303 e. The van der Waals surface area contributed by atoms with Crippen molar-refractivity contribution in [3.05, 3.63) is 29.3 Å². The first kappa shape index (κ1) is 20.2. The molecular formula is C20H30O4. The molecule has 0 bridgehead atoms. The van der Waals surface area contributed by atoms with Crippen LogP contribution >= 0.6 is 0 Å². The summed E-state index contributed by atoms with van der Waals surface area (Å²) in [4.78, 5) is 22.7. The maximum atomic E-state index is 12.3. The molecule has 0 aliphatic carbocycles. The number of carboxylic acid groups (broad SMARTS) is 1. The van der Waals surface area contributed by atoms with Crippen LogP contribution in [0.15, 0.2) is 18.2 Å². The first-order valence-electron chi connectivity index (χ1n) is 9.11. The van der Waals surface area contributed by atoms with E-state index in [0.717, 1.165) is 63.4 Å². The van der Waals surface area contributed by atoms with Gasteiger partial charge in [-0.3, -0.25) is 9.59 Å². The highest BCUT2D eigenvalue weighted by Gasteiger charge is 2.11. The fourth-order valence-corrected chi connectivity index (χ4v) is 2.75. The Labute approximate surface area is 144 Å². The van der Waals surface area contributed by atoms with E-state index in [2.05, 4.69) is 6.92 Å². The van der Waals surface area contributed by atoms with E-state index in [4.69, 9.17) is 5.11 Å². The topological polar surface area (TPSA) is 74.6 Å². The molecule has 0 aliphatic heterocycles. The Bertz CT molecular complexity index is 522. The Kier molecular flexibility index (Phi) is 9.81. The Morgan fingerprint density at radius 1 is 0.917 bits per heavy atom. The van der Waals surface area contributed by atoms with Crippen molar-refractivity contribution < 1.29 is 19.8 Å². The van der Waals surface area contributed by atoms with Crippen LogP contribution in [0.3, 0.4) is 0 Å². The van der Waals surface area contributed by atoms with Crippen LogP contribution < -0.4 is 0 Å². The van der Waals surface area contributed by atoms with Gasteiger partial charge in [-0.05, 0) is 43.4 Å². The zero-order valence-electron chi connectivity index (χ0n) is 14.7. The minimum Gasteiger partial charge on any atom is -0.507 e. The normalized spacial score (nSPS) is 10.7. The number of unbranched alkanes of at least 4 members (excludes halogenated alkanes) is 6. The van der Waals surface area contributed by atoms with E-state index in [1.165, 1.54) is 0 Å². The maximum absolute atomic E-state index is 12.3. The molecule has 0 radical (unpaired) electrons. The van der Waals surface area contributed by atoms with Crippen LogP contribution in [0.4, 0.5) is 0 Å². The lowest BCUT2D eigenvalue weighted by atomic mass is 9.99. The third-order valence-electron chi connectivity index (χ3n) is 4.22. The number of benzene rings is 1. The van der Waals surface area contributed by atoms with Crippen LogP contribution in [-0.2, 0) is 11.2 Å². The summed E-state index contributed by atoms with van der Waals surface area (Å²) in [5, 5.41) is 18.5. The summed E-state index contributed by atoms with van der Waals surface area (Å²) in [6.07, 6.45) is 9.31. The van der Waals surface area contributed by atoms with E-state index in [1.54, 1.807) is 6.07 Å². The van der Waals surface area contributed by atoms with E-state index in [9.17, 15) is 14.7 Å². The van der Waals surface area contributed by atoms with Crippen molar-refractivity contribution in [2.24, 2.45) is 0 Å². The molecule has 4 heteroatoms. The average molecular weight is 334 g/mol. The summed E-state index contributed by atoms with van der Waals surface area (Å²) >= 11 is 0. The molecule has 0 saturated carbocycles. The molecular weight excluding hydrogens is 304 g/mol. The average Bonchev–Trinajstić information content (AvgIpc) is 2.56. The van der Waals surface area contributed by atoms with Crippen molar-refractivity contribution >= 4 is 11.8 Å². The summed E-state index contributed by atoms with van der Waals surface area (Å²) in [6, 6.07) is 5.35. The number of Topliss-reactive ketones (excluding diaryl/α,β-unsaturated/α-hetero) is 1. The maximum Gasteiger partial charge on any atom is 0.303 e. The van der Waals surface area contributed by atoms with E-state index < -0.39 is 5.97 Å². The number of carboxylic acids is 1. The number of phenols is 1. The van der Waals surface area contributed by atoms with Crippen molar-refractivity contribution in [1.82, 2.24) is 0 Å². The molecule has 0 aliphatic rings. The second-order valence-corrected chi connectivity index (χ2v) is 6.39. The van der Waals surface area contributed by atoms with Crippen LogP contribution in [0.5, 0.6) is 5.75 Å². The molecule has 1 aromatic carbocycles. The fraction of sp³-hybridized carbons (Fsp3) is 0.600. The highest BCUT2D eigenvalue weighted by atomic mass is 16.4. The molecule has 1 aromatic rings. The van der Waals surface area contributed by atoms with Gasteiger partial charge in [0.15, 0.2) is 5.78 Å². The van der Waals surface area contributed by atoms with E-state index >= 15 is 0 Å². The number of carbonyl (C=O) groups excluding carboxylic acids is 1. The van der Waals surface area contributed by atoms with Crippen molar-refractivity contribution in [2.75, 3.05) is 0 Å². The number of ketones is 1. The van der Waals surface area contributed by atoms with E-state index in [0.29, 0.717) is 12.0 Å². The molecule has 0 atom stereocenters. The van der Waals surface area contributed by atoms with Gasteiger partial charge in [-0.2, -0.15) is 0 Å². The number of phenolic OH excluding ortho intramolecular Hbond substituents is 1. The molecule has 0 amide bonds. The molecule has 0 unspecified atom stereocenters. The highest BCUT2D eigenvalue weighted by Crippen LogP contribution is 2.22. The van der Waals surface area contributed by atoms with Gasteiger partial charge >= 0.3 is 5.97 Å². The molecule has 0 saturated heterocycles. The second-order valence-electron chi connectivity index (χ2n) is 6.39. The van der Waals surface area contributed by atoms with Gasteiger partial charge < -0.3 is 10.2 Å². The quantitative estimate of drug-likeness (QED) is 0.388. The van der Waals surface area contributed by atoms with Gasteiger partial charge in [-0.1, -0.05) is 45.1 Å². The van der Waals surface area contributed by atoms with Crippen LogP contribution in [-0.4, -0.2) is 22.0 Å². The summed E-state index contributed by atoms with van der Waals surface area (Å²) < 4.78 is 0. The van der Waals surface area contributed by atoms with Crippen molar-refractivity contribution in [1.29, 1.82) is 0 Å². The van der Waals surface area contributed by atoms with E-state index in [1.807, 2.05) is 12.1 Å². The van der Waals surface area contributed by atoms with Crippen LogP contribution in [0.2, 0.25) is 0 Å². The molecule has 1 rings (SSSR count). The van der Waals surface area contributed by atoms with Gasteiger partial charge in [0.25, 0.3) is 0 Å². The number of carbonyl (C=O) groups is 2. The lowest BCUT2D eigenvalue weighted by Gasteiger charge is -2.07. The lowest BCUT2D eigenvalue weighted by Crippen LogP contribution is -2.01. The predicted molar refractivity (Wildman–Crippen MR) is 95.6 cm³/mol. The van der Waals surface area contributed by atoms with Crippen molar-refractivity contribution in [2.45, 2.75) is 77.6 Å². The van der Waals surface area contributed by atoms with Crippen LogP contribution in [0, 0.1) is 0 Å². The lowest BCUT2D eigenvalue weighted by molar-refractivity contribution is -0.137. The van der Waals surface area contributed by atoms with Gasteiger partial charge in [-0.15, -0.1) is 0 Å². The minimum atomic E-state index is -0.735. The van der Waals surface area contributed by atoms with Gasteiger partial charge in [0.05, 0.1) is 5.56 Å². The fourth-order valence-electron chi connectivity index (χ4n) is 2.75. The number of aliphatic carboxylic acids is 1. The third kappa shape index (κ3) is 8.14. The summed E-state index contributed by atoms with van der Waals surface area (Å²) in [7, 11) is 0. The molecule has 0 heterocycles. The molecule has 134 valence electrons. The third-order valence-corrected chi connectivity index (χ3v) is 4.22. The Hall–Kier alpha value is -1.84. The van der Waals surface area contributed by atoms with Gasteiger partial charge in [0.1, 0.15) is 5.75 Å².